The van der Waals surface area contributed by atoms with E-state index in [-0.39, 0.29) is 32.1 Å². The van der Waals surface area contributed by atoms with Gasteiger partial charge in [-0.25, -0.2) is 4.79 Å². The molecule has 0 unspecified atom stereocenters. The van der Waals surface area contributed by atoms with Crippen LogP contribution in [0.1, 0.15) is 10.4 Å². The monoisotopic (exact) mass is 341 g/mol. The van der Waals surface area contributed by atoms with Gasteiger partial charge in [0.2, 0.25) is 0 Å². The van der Waals surface area contributed by atoms with Crippen LogP contribution in [-0.2, 0) is 0 Å². The van der Waals surface area contributed by atoms with E-state index in [2.05, 4.69) is 0 Å². The molecular formula is C14H6Cl3NO3. The molecule has 0 spiro atoms. The largest absolute Gasteiger partial charge is 0.420 e. The van der Waals surface area contributed by atoms with Gasteiger partial charge < -0.3 is 9.47 Å². The third kappa shape index (κ3) is 3.59. The van der Waals surface area contributed by atoms with Gasteiger partial charge in [-0.05, 0) is 30.3 Å². The smallest absolute Gasteiger partial charge is 0.347 e. The van der Waals surface area contributed by atoms with Crippen LogP contribution in [0.4, 0.5) is 0 Å². The quantitative estimate of drug-likeness (QED) is 0.460. The fraction of sp³-hybridized carbons (Fsp3) is 0. The van der Waals surface area contributed by atoms with E-state index in [0.29, 0.717) is 0 Å². The summed E-state index contributed by atoms with van der Waals surface area (Å²) >= 11 is 17.7. The van der Waals surface area contributed by atoms with E-state index in [4.69, 9.17) is 49.5 Å². The summed E-state index contributed by atoms with van der Waals surface area (Å²) in [4.78, 5) is 12.2. The van der Waals surface area contributed by atoms with Crippen molar-refractivity contribution in [1.29, 1.82) is 5.26 Å². The van der Waals surface area contributed by atoms with Gasteiger partial charge in [0.1, 0.15) is 5.56 Å². The third-order valence-corrected chi connectivity index (χ3v) is 3.26. The normalized spacial score (nSPS) is 9.81. The first kappa shape index (κ1) is 15.5. The molecular weight excluding hydrogens is 337 g/mol. The molecule has 0 amide bonds. The number of esters is 1. The van der Waals surface area contributed by atoms with Crippen LogP contribution in [0.25, 0.3) is 0 Å². The molecule has 0 aliphatic heterocycles. The Kier molecular flexibility index (Phi) is 4.92. The minimum atomic E-state index is -0.794. The van der Waals surface area contributed by atoms with E-state index < -0.39 is 5.97 Å². The number of hydrogen-bond acceptors (Lipinski definition) is 4. The molecule has 0 bridgehead atoms. The molecule has 0 atom stereocenters. The highest BCUT2D eigenvalue weighted by Crippen LogP contribution is 2.34. The summed E-state index contributed by atoms with van der Waals surface area (Å²) in [6, 6.07) is 8.86. The van der Waals surface area contributed by atoms with Crippen molar-refractivity contribution in [3.63, 3.8) is 0 Å². The molecule has 4 nitrogen and oxygen atoms in total. The molecule has 0 fully saturated rings. The second-order valence-corrected chi connectivity index (χ2v) is 5.02. The molecule has 0 aromatic heterocycles. The van der Waals surface area contributed by atoms with Gasteiger partial charge in [0.05, 0.1) is 10.0 Å². The SMILES string of the molecule is N#COc1ccc(Cl)cc1C(=O)Oc1c(Cl)cccc1Cl. The van der Waals surface area contributed by atoms with Crippen LogP contribution in [0.15, 0.2) is 36.4 Å². The molecule has 0 saturated carbocycles. The number of para-hydroxylation sites is 1. The zero-order chi connectivity index (χ0) is 15.4. The van der Waals surface area contributed by atoms with Crippen LogP contribution in [0.2, 0.25) is 15.1 Å². The average molecular weight is 343 g/mol. The predicted octanol–water partition coefficient (Wildman–Crippen LogP) is 4.73. The Balaban J connectivity index is 2.37. The number of rotatable bonds is 3. The summed E-state index contributed by atoms with van der Waals surface area (Å²) in [5.74, 6) is -0.749. The van der Waals surface area contributed by atoms with E-state index in [1.807, 2.05) is 0 Å². The van der Waals surface area contributed by atoms with E-state index >= 15 is 0 Å². The molecule has 2 rings (SSSR count). The Bertz CT molecular complexity index is 720. The predicted molar refractivity (Wildman–Crippen MR) is 79.1 cm³/mol. The van der Waals surface area contributed by atoms with E-state index in [1.165, 1.54) is 36.6 Å². The van der Waals surface area contributed by atoms with Crippen LogP contribution in [0, 0.1) is 11.5 Å². The molecule has 0 saturated heterocycles. The number of nitrogens with zero attached hydrogens (tertiary/aromatic N) is 1. The Morgan fingerprint density at radius 2 is 1.76 bits per heavy atom. The molecule has 7 heteroatoms. The molecule has 0 heterocycles. The number of ether oxygens (including phenoxy) is 2. The lowest BCUT2D eigenvalue weighted by atomic mass is 10.2. The van der Waals surface area contributed by atoms with Crippen molar-refractivity contribution >= 4 is 40.8 Å². The lowest BCUT2D eigenvalue weighted by Gasteiger charge is -2.10. The van der Waals surface area contributed by atoms with Crippen LogP contribution in [0.3, 0.4) is 0 Å². The summed E-state index contributed by atoms with van der Waals surface area (Å²) in [6.45, 7) is 0. The topological polar surface area (TPSA) is 59.3 Å². The second kappa shape index (κ2) is 6.68. The van der Waals surface area contributed by atoms with Gasteiger partial charge >= 0.3 is 5.97 Å². The second-order valence-electron chi connectivity index (χ2n) is 3.77. The Morgan fingerprint density at radius 1 is 1.10 bits per heavy atom. The van der Waals surface area contributed by atoms with E-state index in [0.717, 1.165) is 0 Å². The number of hydrogen-bond donors (Lipinski definition) is 0. The summed E-state index contributed by atoms with van der Waals surface area (Å²) in [6.07, 6.45) is 1.48. The van der Waals surface area contributed by atoms with Gasteiger partial charge in [-0.3, -0.25) is 0 Å². The molecule has 0 N–H and O–H groups in total. The summed E-state index contributed by atoms with van der Waals surface area (Å²) in [5.41, 5.74) is -0.0139. The van der Waals surface area contributed by atoms with Crippen molar-refractivity contribution in [2.24, 2.45) is 0 Å². The highest BCUT2D eigenvalue weighted by atomic mass is 35.5. The first-order valence-electron chi connectivity index (χ1n) is 5.54. The maximum Gasteiger partial charge on any atom is 0.347 e. The highest BCUT2D eigenvalue weighted by Gasteiger charge is 2.19. The first-order valence-corrected chi connectivity index (χ1v) is 6.68. The van der Waals surface area contributed by atoms with Gasteiger partial charge in [0.25, 0.3) is 6.26 Å². The minimum Gasteiger partial charge on any atom is -0.420 e. The lowest BCUT2D eigenvalue weighted by Crippen LogP contribution is -2.10. The fourth-order valence-electron chi connectivity index (χ4n) is 1.53. The van der Waals surface area contributed by atoms with E-state index in [1.54, 1.807) is 6.07 Å². The molecule has 2 aromatic carbocycles. The van der Waals surface area contributed by atoms with Gasteiger partial charge in [0, 0.05) is 5.02 Å². The number of halogens is 3. The van der Waals surface area contributed by atoms with Crippen LogP contribution >= 0.6 is 34.8 Å². The number of nitriles is 1. The van der Waals surface area contributed by atoms with Gasteiger partial charge in [0.15, 0.2) is 11.5 Å². The minimum absolute atomic E-state index is 0.0139. The molecule has 106 valence electrons. The molecule has 0 radical (unpaired) electrons. The number of carbonyl (C=O) groups is 1. The van der Waals surface area contributed by atoms with Crippen LogP contribution < -0.4 is 9.47 Å². The van der Waals surface area contributed by atoms with Gasteiger partial charge in [-0.2, -0.15) is 0 Å². The van der Waals surface area contributed by atoms with Crippen molar-refractivity contribution in [1.82, 2.24) is 0 Å². The van der Waals surface area contributed by atoms with Crippen molar-refractivity contribution in [3.8, 4) is 17.8 Å². The summed E-state index contributed by atoms with van der Waals surface area (Å²) in [7, 11) is 0. The Hall–Kier alpha value is -1.93. The molecule has 0 aliphatic rings. The molecule has 21 heavy (non-hydrogen) atoms. The number of carbonyl (C=O) groups excluding carboxylic acids is 1. The lowest BCUT2D eigenvalue weighted by molar-refractivity contribution is 0.0732. The van der Waals surface area contributed by atoms with Gasteiger partial charge in [-0.1, -0.05) is 40.9 Å². The summed E-state index contributed by atoms with van der Waals surface area (Å²) < 4.78 is 9.84. The van der Waals surface area contributed by atoms with Crippen molar-refractivity contribution < 1.29 is 14.3 Å². The van der Waals surface area contributed by atoms with Crippen molar-refractivity contribution in [2.75, 3.05) is 0 Å². The molecule has 2 aromatic rings. The van der Waals surface area contributed by atoms with Crippen LogP contribution in [-0.4, -0.2) is 5.97 Å². The summed E-state index contributed by atoms with van der Waals surface area (Å²) in [5, 5.41) is 9.23. The number of benzene rings is 2. The zero-order valence-corrected chi connectivity index (χ0v) is 12.5. The molecule has 0 aliphatic carbocycles. The maximum absolute atomic E-state index is 12.2. The highest BCUT2D eigenvalue weighted by molar-refractivity contribution is 6.37. The van der Waals surface area contributed by atoms with Crippen LogP contribution in [0.5, 0.6) is 11.5 Å². The standard InChI is InChI=1S/C14H6Cl3NO3/c15-8-4-5-12(20-7-18)9(6-8)14(19)21-13-10(16)2-1-3-11(13)17/h1-6H. The first-order chi connectivity index (χ1) is 10.0. The van der Waals surface area contributed by atoms with E-state index in [9.17, 15) is 4.79 Å². The van der Waals surface area contributed by atoms with Crippen molar-refractivity contribution in [3.05, 3.63) is 57.0 Å². The fourth-order valence-corrected chi connectivity index (χ4v) is 2.17. The third-order valence-electron chi connectivity index (χ3n) is 2.43. The Labute approximate surface area is 135 Å². The average Bonchev–Trinajstić information content (AvgIpc) is 2.45. The van der Waals surface area contributed by atoms with Gasteiger partial charge in [-0.15, -0.1) is 5.26 Å². The zero-order valence-electron chi connectivity index (χ0n) is 10.3. The maximum atomic E-state index is 12.2. The Morgan fingerprint density at radius 3 is 2.38 bits per heavy atom. The van der Waals surface area contributed by atoms with Crippen molar-refractivity contribution in [2.45, 2.75) is 0 Å².